The minimum atomic E-state index is -0.143. The fraction of sp³-hybridized carbons (Fsp3) is 0.353. The van der Waals surface area contributed by atoms with Crippen molar-refractivity contribution >= 4 is 22.9 Å². The van der Waals surface area contributed by atoms with Gasteiger partial charge in [-0.15, -0.1) is 11.3 Å². The average Bonchev–Trinajstić information content (AvgIpc) is 3.10. The number of carbonyl (C=O) groups is 1. The van der Waals surface area contributed by atoms with Crippen LogP contribution in [0.2, 0.25) is 0 Å². The smallest absolute Gasteiger partial charge is 0.245 e. The lowest BCUT2D eigenvalue weighted by molar-refractivity contribution is -0.132. The quantitative estimate of drug-likeness (QED) is 0.939. The lowest BCUT2D eigenvalue weighted by Crippen LogP contribution is -2.40. The first-order valence-electron chi connectivity index (χ1n) is 7.23. The number of amides is 1. The molecule has 1 N–H and O–H groups in total. The summed E-state index contributed by atoms with van der Waals surface area (Å²) in [4.78, 5) is 17.1. The highest BCUT2D eigenvalue weighted by atomic mass is 32.1. The SMILES string of the molecule is Cc1ccc(C(C)N(C)C(=O)C2Cc3ccccc3N2)s1. The van der Waals surface area contributed by atoms with Gasteiger partial charge >= 0.3 is 0 Å². The Morgan fingerprint density at radius 2 is 2.10 bits per heavy atom. The largest absolute Gasteiger partial charge is 0.373 e. The number of anilines is 1. The van der Waals surface area contributed by atoms with Crippen LogP contribution < -0.4 is 5.32 Å². The van der Waals surface area contributed by atoms with E-state index in [0.717, 1.165) is 12.1 Å². The van der Waals surface area contributed by atoms with Gasteiger partial charge in [-0.1, -0.05) is 18.2 Å². The molecule has 1 amide bonds. The third-order valence-electron chi connectivity index (χ3n) is 4.17. The van der Waals surface area contributed by atoms with Crippen LogP contribution in [0, 0.1) is 6.92 Å². The normalized spacial score (nSPS) is 18.0. The van der Waals surface area contributed by atoms with Gasteiger partial charge in [0.05, 0.1) is 6.04 Å². The molecular weight excluding hydrogens is 280 g/mol. The number of thiophene rings is 1. The second kappa shape index (κ2) is 5.53. The number of nitrogens with one attached hydrogen (secondary N) is 1. The minimum Gasteiger partial charge on any atom is -0.373 e. The Labute approximate surface area is 129 Å². The molecule has 1 aliphatic rings. The highest BCUT2D eigenvalue weighted by Crippen LogP contribution is 2.30. The second-order valence-electron chi connectivity index (χ2n) is 5.63. The predicted octanol–water partition coefficient (Wildman–Crippen LogP) is 3.61. The molecule has 3 rings (SSSR count). The van der Waals surface area contributed by atoms with Crippen LogP contribution in [0.4, 0.5) is 5.69 Å². The number of carbonyl (C=O) groups excluding carboxylic acids is 1. The van der Waals surface area contributed by atoms with Crippen molar-refractivity contribution in [3.05, 3.63) is 51.7 Å². The van der Waals surface area contributed by atoms with Crippen molar-refractivity contribution in [1.82, 2.24) is 4.90 Å². The maximum atomic E-state index is 12.7. The maximum absolute atomic E-state index is 12.7. The second-order valence-corrected chi connectivity index (χ2v) is 6.95. The van der Waals surface area contributed by atoms with Crippen molar-refractivity contribution in [2.45, 2.75) is 32.4 Å². The van der Waals surface area contributed by atoms with E-state index in [1.165, 1.54) is 15.3 Å². The van der Waals surface area contributed by atoms with Gasteiger partial charge in [0, 0.05) is 28.9 Å². The number of benzene rings is 1. The van der Waals surface area contributed by atoms with Crippen molar-refractivity contribution in [1.29, 1.82) is 0 Å². The molecular formula is C17H20N2OS. The Hall–Kier alpha value is -1.81. The molecule has 1 aliphatic heterocycles. The molecule has 0 saturated carbocycles. The van der Waals surface area contributed by atoms with E-state index in [1.807, 2.05) is 30.1 Å². The first-order chi connectivity index (χ1) is 10.1. The molecule has 0 radical (unpaired) electrons. The van der Waals surface area contributed by atoms with Gasteiger partial charge in [-0.2, -0.15) is 0 Å². The number of nitrogens with zero attached hydrogens (tertiary/aromatic N) is 1. The number of para-hydroxylation sites is 1. The lowest BCUT2D eigenvalue weighted by Gasteiger charge is -2.27. The van der Waals surface area contributed by atoms with Crippen molar-refractivity contribution < 1.29 is 4.79 Å². The first-order valence-corrected chi connectivity index (χ1v) is 8.05. The molecule has 2 aromatic rings. The fourth-order valence-corrected chi connectivity index (χ4v) is 3.72. The highest BCUT2D eigenvalue weighted by Gasteiger charge is 2.30. The van der Waals surface area contributed by atoms with E-state index in [9.17, 15) is 4.79 Å². The van der Waals surface area contributed by atoms with Crippen LogP contribution >= 0.6 is 11.3 Å². The first kappa shape index (κ1) is 14.1. The van der Waals surface area contributed by atoms with Gasteiger partial charge < -0.3 is 10.2 Å². The van der Waals surface area contributed by atoms with Crippen LogP contribution in [-0.2, 0) is 11.2 Å². The van der Waals surface area contributed by atoms with Crippen LogP contribution in [0.3, 0.4) is 0 Å². The molecule has 0 aliphatic carbocycles. The zero-order chi connectivity index (χ0) is 15.0. The minimum absolute atomic E-state index is 0.113. The van der Waals surface area contributed by atoms with Crippen molar-refractivity contribution in [2.75, 3.05) is 12.4 Å². The highest BCUT2D eigenvalue weighted by molar-refractivity contribution is 7.12. The van der Waals surface area contributed by atoms with E-state index in [2.05, 4.69) is 37.4 Å². The molecule has 3 nitrogen and oxygen atoms in total. The molecule has 2 atom stereocenters. The molecule has 0 bridgehead atoms. The van der Waals surface area contributed by atoms with Gasteiger partial charge in [0.25, 0.3) is 0 Å². The number of hydrogen-bond donors (Lipinski definition) is 1. The summed E-state index contributed by atoms with van der Waals surface area (Å²) in [6, 6.07) is 12.3. The van der Waals surface area contributed by atoms with Crippen LogP contribution in [0.5, 0.6) is 0 Å². The summed E-state index contributed by atoms with van der Waals surface area (Å²) in [5.74, 6) is 0.157. The molecule has 0 fully saturated rings. The molecule has 21 heavy (non-hydrogen) atoms. The van der Waals surface area contributed by atoms with Crippen molar-refractivity contribution in [2.24, 2.45) is 0 Å². The van der Waals surface area contributed by atoms with E-state index >= 15 is 0 Å². The summed E-state index contributed by atoms with van der Waals surface area (Å²) < 4.78 is 0. The molecule has 0 spiro atoms. The third-order valence-corrected chi connectivity index (χ3v) is 5.34. The molecule has 1 aromatic heterocycles. The predicted molar refractivity (Wildman–Crippen MR) is 87.8 cm³/mol. The summed E-state index contributed by atoms with van der Waals surface area (Å²) in [5, 5.41) is 3.34. The number of rotatable bonds is 3. The molecule has 1 aromatic carbocycles. The van der Waals surface area contributed by atoms with Crippen LogP contribution in [0.15, 0.2) is 36.4 Å². The molecule has 0 saturated heterocycles. The monoisotopic (exact) mass is 300 g/mol. The van der Waals surface area contributed by atoms with Gasteiger partial charge in [-0.25, -0.2) is 0 Å². The summed E-state index contributed by atoms with van der Waals surface area (Å²) in [5.41, 5.74) is 2.31. The Balaban J connectivity index is 1.71. The number of aryl methyl sites for hydroxylation is 1. The van der Waals surface area contributed by atoms with Crippen LogP contribution in [0.1, 0.15) is 28.3 Å². The van der Waals surface area contributed by atoms with Gasteiger partial charge in [-0.05, 0) is 37.6 Å². The topological polar surface area (TPSA) is 32.3 Å². The molecule has 2 unspecified atom stereocenters. The van der Waals surface area contributed by atoms with Crippen molar-refractivity contribution in [3.8, 4) is 0 Å². The Morgan fingerprint density at radius 3 is 2.76 bits per heavy atom. The van der Waals surface area contributed by atoms with Gasteiger partial charge in [-0.3, -0.25) is 4.79 Å². The van der Waals surface area contributed by atoms with E-state index in [1.54, 1.807) is 11.3 Å². The Kier molecular flexibility index (Phi) is 3.72. The van der Waals surface area contributed by atoms with E-state index in [4.69, 9.17) is 0 Å². The standard InChI is InChI=1S/C17H20N2OS/c1-11-8-9-16(21-11)12(2)19(3)17(20)15-10-13-6-4-5-7-14(13)18-15/h4-9,12,15,18H,10H2,1-3H3. The Bertz CT molecular complexity index is 639. The fourth-order valence-electron chi connectivity index (χ4n) is 2.75. The van der Waals surface area contributed by atoms with E-state index in [0.29, 0.717) is 0 Å². The summed E-state index contributed by atoms with van der Waals surface area (Å²) in [6.45, 7) is 4.18. The number of likely N-dealkylation sites (N-methyl/N-ethyl adjacent to an activating group) is 1. The molecule has 4 heteroatoms. The van der Waals surface area contributed by atoms with Gasteiger partial charge in [0.15, 0.2) is 0 Å². The number of fused-ring (bicyclic) bond motifs is 1. The maximum Gasteiger partial charge on any atom is 0.245 e. The zero-order valence-corrected chi connectivity index (χ0v) is 13.4. The summed E-state index contributed by atoms with van der Waals surface area (Å²) >= 11 is 1.76. The van der Waals surface area contributed by atoms with Crippen molar-refractivity contribution in [3.63, 3.8) is 0 Å². The van der Waals surface area contributed by atoms with Crippen LogP contribution in [-0.4, -0.2) is 23.9 Å². The average molecular weight is 300 g/mol. The van der Waals surface area contributed by atoms with Crippen LogP contribution in [0.25, 0.3) is 0 Å². The van der Waals surface area contributed by atoms with Gasteiger partial charge in [0.2, 0.25) is 5.91 Å². The van der Waals surface area contributed by atoms with Gasteiger partial charge in [0.1, 0.15) is 6.04 Å². The third kappa shape index (κ3) is 2.68. The van der Waals surface area contributed by atoms with E-state index in [-0.39, 0.29) is 18.0 Å². The number of hydrogen-bond acceptors (Lipinski definition) is 3. The lowest BCUT2D eigenvalue weighted by atomic mass is 10.1. The summed E-state index contributed by atoms with van der Waals surface area (Å²) in [6.07, 6.45) is 0.773. The molecule has 110 valence electrons. The van der Waals surface area contributed by atoms with E-state index < -0.39 is 0 Å². The Morgan fingerprint density at radius 1 is 1.33 bits per heavy atom. The molecule has 2 heterocycles. The zero-order valence-electron chi connectivity index (χ0n) is 12.6. The summed E-state index contributed by atoms with van der Waals surface area (Å²) in [7, 11) is 1.90.